The van der Waals surface area contributed by atoms with Crippen LogP contribution in [0.15, 0.2) is 4.99 Å². The van der Waals surface area contributed by atoms with Crippen molar-refractivity contribution < 1.29 is 9.84 Å². The quantitative estimate of drug-likeness (QED) is 0.458. The summed E-state index contributed by atoms with van der Waals surface area (Å²) in [6.45, 7) is 4.46. The lowest BCUT2D eigenvalue weighted by molar-refractivity contribution is 0.127. The van der Waals surface area contributed by atoms with E-state index in [9.17, 15) is 5.11 Å². The number of aliphatic hydroxyl groups is 1. The number of hydrogen-bond donors (Lipinski definition) is 3. The third-order valence-corrected chi connectivity index (χ3v) is 5.64. The van der Waals surface area contributed by atoms with Gasteiger partial charge in [0.15, 0.2) is 5.96 Å². The van der Waals surface area contributed by atoms with Crippen molar-refractivity contribution in [3.8, 4) is 0 Å². The lowest BCUT2D eigenvalue weighted by Gasteiger charge is -2.31. The summed E-state index contributed by atoms with van der Waals surface area (Å²) in [7, 11) is 4.05. The summed E-state index contributed by atoms with van der Waals surface area (Å²) in [4.78, 5) is 6.81. The van der Waals surface area contributed by atoms with Crippen molar-refractivity contribution in [2.45, 2.75) is 51.0 Å². The summed E-state index contributed by atoms with van der Waals surface area (Å²) in [6, 6.07) is 0.749. The molecule has 1 heterocycles. The molecule has 1 aliphatic carbocycles. The predicted molar refractivity (Wildman–Crippen MR) is 98.4 cm³/mol. The van der Waals surface area contributed by atoms with Crippen molar-refractivity contribution in [2.75, 3.05) is 53.6 Å². The van der Waals surface area contributed by atoms with Crippen LogP contribution in [0.4, 0.5) is 0 Å². The summed E-state index contributed by atoms with van der Waals surface area (Å²) in [5.41, 5.74) is 0.0469. The van der Waals surface area contributed by atoms with E-state index in [2.05, 4.69) is 27.6 Å². The fraction of sp³-hybridized carbons (Fsp3) is 0.944. The van der Waals surface area contributed by atoms with Crippen molar-refractivity contribution in [3.63, 3.8) is 0 Å². The highest BCUT2D eigenvalue weighted by atomic mass is 16.5. The molecule has 2 fully saturated rings. The van der Waals surface area contributed by atoms with Crippen molar-refractivity contribution in [3.05, 3.63) is 0 Å². The van der Waals surface area contributed by atoms with Crippen LogP contribution >= 0.6 is 0 Å². The van der Waals surface area contributed by atoms with Crippen molar-refractivity contribution in [1.29, 1.82) is 0 Å². The molecule has 1 aliphatic heterocycles. The zero-order chi connectivity index (χ0) is 17.3. The summed E-state index contributed by atoms with van der Waals surface area (Å²) in [5.74, 6) is 0.844. The second kappa shape index (κ2) is 10.2. The average molecular weight is 341 g/mol. The van der Waals surface area contributed by atoms with E-state index in [1.165, 1.54) is 32.1 Å². The Balaban J connectivity index is 1.68. The van der Waals surface area contributed by atoms with E-state index in [1.807, 2.05) is 7.05 Å². The van der Waals surface area contributed by atoms with Crippen LogP contribution in [0, 0.1) is 5.41 Å². The molecule has 3 N–H and O–H groups in total. The largest absolute Gasteiger partial charge is 0.396 e. The highest BCUT2D eigenvalue weighted by molar-refractivity contribution is 5.79. The minimum atomic E-state index is 0.0469. The average Bonchev–Trinajstić information content (AvgIpc) is 3.07. The molecule has 1 saturated carbocycles. The predicted octanol–water partition coefficient (Wildman–Crippen LogP) is 1.20. The molecule has 1 unspecified atom stereocenters. The number of nitrogens with one attached hydrogen (secondary N) is 2. The highest BCUT2D eigenvalue weighted by Gasteiger charge is 2.34. The monoisotopic (exact) mass is 340 g/mol. The number of hydrogen-bond acceptors (Lipinski definition) is 4. The topological polar surface area (TPSA) is 69.1 Å². The summed E-state index contributed by atoms with van der Waals surface area (Å²) >= 11 is 0. The Morgan fingerprint density at radius 2 is 2.08 bits per heavy atom. The van der Waals surface area contributed by atoms with Gasteiger partial charge >= 0.3 is 0 Å². The Morgan fingerprint density at radius 1 is 1.29 bits per heavy atom. The number of aliphatic hydroxyl groups excluding tert-OH is 1. The molecular weight excluding hydrogens is 304 g/mol. The molecule has 0 aromatic carbocycles. The zero-order valence-electron chi connectivity index (χ0n) is 15.5. The maximum absolute atomic E-state index is 9.31. The van der Waals surface area contributed by atoms with Gasteiger partial charge in [0.05, 0.1) is 6.61 Å². The molecule has 0 bridgehead atoms. The normalized spacial score (nSPS) is 26.1. The maximum Gasteiger partial charge on any atom is 0.191 e. The Morgan fingerprint density at radius 3 is 2.71 bits per heavy atom. The number of rotatable bonds is 8. The van der Waals surface area contributed by atoms with Gasteiger partial charge in [-0.05, 0) is 32.7 Å². The molecule has 0 radical (unpaired) electrons. The van der Waals surface area contributed by atoms with Crippen LogP contribution in [0.5, 0.6) is 0 Å². The Labute approximate surface area is 147 Å². The molecule has 0 spiro atoms. The number of aliphatic imine (C=N–C) groups is 1. The second-order valence-electron chi connectivity index (χ2n) is 7.40. The molecule has 1 atom stereocenters. The molecule has 0 aromatic rings. The van der Waals surface area contributed by atoms with Crippen LogP contribution in [0.3, 0.4) is 0 Å². The SMILES string of the molecule is CN=C(NCCN(C)C1CCCCC1)NCC1(CCO)CCOC1. The molecule has 2 aliphatic rings. The molecule has 2 rings (SSSR count). The minimum absolute atomic E-state index is 0.0469. The lowest BCUT2D eigenvalue weighted by Crippen LogP contribution is -2.47. The zero-order valence-corrected chi connectivity index (χ0v) is 15.5. The van der Waals surface area contributed by atoms with Gasteiger partial charge in [-0.2, -0.15) is 0 Å². The van der Waals surface area contributed by atoms with Crippen LogP contribution in [0.2, 0.25) is 0 Å². The van der Waals surface area contributed by atoms with Crippen LogP contribution in [-0.4, -0.2) is 75.6 Å². The Kier molecular flexibility index (Phi) is 8.29. The number of ether oxygens (including phenoxy) is 1. The van der Waals surface area contributed by atoms with E-state index < -0.39 is 0 Å². The third kappa shape index (κ3) is 5.90. The van der Waals surface area contributed by atoms with Crippen LogP contribution in [0.1, 0.15) is 44.9 Å². The first-order valence-electron chi connectivity index (χ1n) is 9.52. The van der Waals surface area contributed by atoms with Gasteiger partial charge in [-0.15, -0.1) is 0 Å². The molecule has 140 valence electrons. The van der Waals surface area contributed by atoms with Gasteiger partial charge < -0.3 is 25.4 Å². The molecule has 6 nitrogen and oxygen atoms in total. The van der Waals surface area contributed by atoms with Crippen molar-refractivity contribution in [1.82, 2.24) is 15.5 Å². The Hall–Kier alpha value is -0.850. The van der Waals surface area contributed by atoms with Gasteiger partial charge in [-0.25, -0.2) is 0 Å². The van der Waals surface area contributed by atoms with Crippen LogP contribution < -0.4 is 10.6 Å². The van der Waals surface area contributed by atoms with Gasteiger partial charge in [-0.1, -0.05) is 19.3 Å². The number of likely N-dealkylation sites (N-methyl/N-ethyl adjacent to an activating group) is 1. The molecular formula is C18H36N4O2. The van der Waals surface area contributed by atoms with Crippen LogP contribution in [-0.2, 0) is 4.74 Å². The summed E-state index contributed by atoms with van der Waals surface area (Å²) in [5, 5.41) is 16.1. The van der Waals surface area contributed by atoms with Gasteiger partial charge in [0.2, 0.25) is 0 Å². The first-order valence-corrected chi connectivity index (χ1v) is 9.52. The van der Waals surface area contributed by atoms with E-state index in [4.69, 9.17) is 4.74 Å². The van der Waals surface area contributed by atoms with Gasteiger partial charge in [0.1, 0.15) is 0 Å². The standard InChI is InChI=1S/C18H36N4O2/c1-19-17(21-14-18(8-12-23)9-13-24-15-18)20-10-11-22(2)16-6-4-3-5-7-16/h16,23H,3-15H2,1-2H3,(H2,19,20,21). The van der Waals surface area contributed by atoms with Crippen molar-refractivity contribution in [2.24, 2.45) is 10.4 Å². The first-order chi connectivity index (χ1) is 11.7. The van der Waals surface area contributed by atoms with E-state index in [0.29, 0.717) is 0 Å². The summed E-state index contributed by atoms with van der Waals surface area (Å²) < 4.78 is 5.54. The highest BCUT2D eigenvalue weighted by Crippen LogP contribution is 2.31. The molecule has 6 heteroatoms. The second-order valence-corrected chi connectivity index (χ2v) is 7.40. The molecule has 1 saturated heterocycles. The van der Waals surface area contributed by atoms with Gasteiger partial charge in [-0.3, -0.25) is 4.99 Å². The smallest absolute Gasteiger partial charge is 0.191 e. The van der Waals surface area contributed by atoms with E-state index in [1.54, 1.807) is 0 Å². The molecule has 0 aromatic heterocycles. The van der Waals surface area contributed by atoms with E-state index in [0.717, 1.165) is 57.7 Å². The summed E-state index contributed by atoms with van der Waals surface area (Å²) in [6.07, 6.45) is 8.61. The van der Waals surface area contributed by atoms with E-state index in [-0.39, 0.29) is 12.0 Å². The number of nitrogens with zero attached hydrogens (tertiary/aromatic N) is 2. The first kappa shape index (κ1) is 19.5. The van der Waals surface area contributed by atoms with Crippen molar-refractivity contribution >= 4 is 5.96 Å². The molecule has 24 heavy (non-hydrogen) atoms. The maximum atomic E-state index is 9.31. The van der Waals surface area contributed by atoms with Crippen LogP contribution in [0.25, 0.3) is 0 Å². The van der Waals surface area contributed by atoms with Gasteiger partial charge in [0.25, 0.3) is 0 Å². The minimum Gasteiger partial charge on any atom is -0.396 e. The number of guanidine groups is 1. The fourth-order valence-corrected chi connectivity index (χ4v) is 3.86. The third-order valence-electron chi connectivity index (χ3n) is 5.64. The van der Waals surface area contributed by atoms with E-state index >= 15 is 0 Å². The molecule has 0 amide bonds. The lowest BCUT2D eigenvalue weighted by atomic mass is 9.84. The van der Waals surface area contributed by atoms with Gasteiger partial charge in [0, 0.05) is 51.4 Å². The fourth-order valence-electron chi connectivity index (χ4n) is 3.86. The Bertz CT molecular complexity index is 377.